The molecule has 0 spiro atoms. The number of alkyl halides is 3. The summed E-state index contributed by atoms with van der Waals surface area (Å²) < 4.78 is 52.0. The minimum atomic E-state index is -5.36. The molecule has 0 aromatic heterocycles. The van der Waals surface area contributed by atoms with Gasteiger partial charge < -0.3 is 14.8 Å². The summed E-state index contributed by atoms with van der Waals surface area (Å²) >= 11 is 5.81. The first kappa shape index (κ1) is 22.2. The van der Waals surface area contributed by atoms with E-state index in [2.05, 4.69) is 0 Å². The largest absolute Gasteiger partial charge is 0.493 e. The first-order chi connectivity index (χ1) is 14.5. The van der Waals surface area contributed by atoms with Gasteiger partial charge >= 0.3 is 12.2 Å². The van der Waals surface area contributed by atoms with E-state index in [1.165, 1.54) is 44.6 Å². The molecule has 12 heteroatoms. The third-order valence-electron chi connectivity index (χ3n) is 4.46. The van der Waals surface area contributed by atoms with Crippen LogP contribution in [-0.2, 0) is 4.79 Å². The van der Waals surface area contributed by atoms with Gasteiger partial charge in [-0.25, -0.2) is 9.69 Å². The van der Waals surface area contributed by atoms with Crippen molar-refractivity contribution < 1.29 is 37.0 Å². The van der Waals surface area contributed by atoms with Crippen LogP contribution in [0.4, 0.5) is 23.7 Å². The molecule has 0 bridgehead atoms. The molecule has 1 saturated heterocycles. The highest BCUT2D eigenvalue weighted by Gasteiger charge is 2.69. The number of amides is 4. The molecule has 3 rings (SSSR count). The minimum Gasteiger partial charge on any atom is -0.493 e. The fourth-order valence-electron chi connectivity index (χ4n) is 2.95. The first-order valence-electron chi connectivity index (χ1n) is 8.57. The van der Waals surface area contributed by atoms with Crippen molar-refractivity contribution in [2.24, 2.45) is 0 Å². The van der Waals surface area contributed by atoms with E-state index in [1.54, 1.807) is 10.6 Å². The molecule has 1 fully saturated rings. The van der Waals surface area contributed by atoms with E-state index in [4.69, 9.17) is 21.1 Å². The number of imide groups is 1. The molecule has 2 N–H and O–H groups in total. The predicted molar refractivity (Wildman–Crippen MR) is 103 cm³/mol. The van der Waals surface area contributed by atoms with E-state index < -0.39 is 29.7 Å². The number of nitrogens with one attached hydrogen (secondary N) is 2. The number of urea groups is 1. The van der Waals surface area contributed by atoms with Gasteiger partial charge in [-0.2, -0.15) is 13.2 Å². The summed E-state index contributed by atoms with van der Waals surface area (Å²) in [5.74, 6) is -2.69. The number of carbonyl (C=O) groups excluding carboxylic acids is 3. The lowest BCUT2D eigenvalue weighted by Gasteiger charge is -2.30. The summed E-state index contributed by atoms with van der Waals surface area (Å²) in [5, 5.41) is 3.27. The SMILES string of the molecule is COc1ccc(C(=O)NC2(C(F)(F)F)NC(=O)N(c3cccc(Cl)c3)C2=O)cc1OC. The van der Waals surface area contributed by atoms with Crippen LogP contribution in [0.25, 0.3) is 0 Å². The highest BCUT2D eigenvalue weighted by atomic mass is 35.5. The molecule has 4 amide bonds. The Morgan fingerprint density at radius 2 is 1.77 bits per heavy atom. The molecule has 1 heterocycles. The van der Waals surface area contributed by atoms with Gasteiger partial charge in [0.2, 0.25) is 0 Å². The normalized spacial score (nSPS) is 18.6. The number of methoxy groups -OCH3 is 2. The van der Waals surface area contributed by atoms with E-state index in [-0.39, 0.29) is 32.7 Å². The molecule has 0 saturated carbocycles. The lowest BCUT2D eigenvalue weighted by molar-refractivity contribution is -0.197. The highest BCUT2D eigenvalue weighted by molar-refractivity contribution is 6.31. The molecule has 1 aliphatic heterocycles. The summed E-state index contributed by atoms with van der Waals surface area (Å²) in [4.78, 5) is 38.0. The van der Waals surface area contributed by atoms with E-state index in [1.807, 2.05) is 0 Å². The zero-order chi connectivity index (χ0) is 23.0. The van der Waals surface area contributed by atoms with E-state index in [0.717, 1.165) is 12.1 Å². The van der Waals surface area contributed by atoms with Gasteiger partial charge in [0.1, 0.15) is 0 Å². The van der Waals surface area contributed by atoms with Gasteiger partial charge in [0, 0.05) is 10.6 Å². The van der Waals surface area contributed by atoms with Gasteiger partial charge in [-0.3, -0.25) is 14.9 Å². The molecule has 2 aromatic rings. The summed E-state index contributed by atoms with van der Waals surface area (Å²) in [5.41, 5.74) is -4.14. The van der Waals surface area contributed by atoms with Gasteiger partial charge in [-0.15, -0.1) is 0 Å². The third-order valence-corrected chi connectivity index (χ3v) is 4.69. The van der Waals surface area contributed by atoms with Crippen LogP contribution >= 0.6 is 11.6 Å². The molecule has 1 aliphatic rings. The maximum absolute atomic E-state index is 14.0. The number of ether oxygens (including phenoxy) is 2. The van der Waals surface area contributed by atoms with Crippen LogP contribution in [0, 0.1) is 0 Å². The second kappa shape index (κ2) is 7.99. The molecule has 0 aliphatic carbocycles. The van der Waals surface area contributed by atoms with Crippen molar-refractivity contribution >= 4 is 35.1 Å². The standard InChI is InChI=1S/C19H15ClF3N3O5/c1-30-13-7-6-10(8-14(13)31-2)15(27)24-18(19(21,22)23)16(28)26(17(29)25-18)12-5-3-4-11(20)9-12/h3-9H,1-2H3,(H,24,27)(H,25,29). The Hall–Kier alpha value is -3.47. The second-order valence-corrected chi connectivity index (χ2v) is 6.76. The van der Waals surface area contributed by atoms with Crippen LogP contribution in [0.2, 0.25) is 5.02 Å². The van der Waals surface area contributed by atoms with Crippen molar-refractivity contribution in [3.8, 4) is 11.5 Å². The van der Waals surface area contributed by atoms with Crippen molar-refractivity contribution in [1.82, 2.24) is 10.6 Å². The van der Waals surface area contributed by atoms with Crippen LogP contribution in [-0.4, -0.2) is 43.9 Å². The average Bonchev–Trinajstić information content (AvgIpc) is 2.97. The molecular formula is C19H15ClF3N3O5. The van der Waals surface area contributed by atoms with E-state index in [9.17, 15) is 27.6 Å². The van der Waals surface area contributed by atoms with E-state index >= 15 is 0 Å². The van der Waals surface area contributed by atoms with Gasteiger partial charge in [-0.1, -0.05) is 17.7 Å². The van der Waals surface area contributed by atoms with Gasteiger partial charge in [0.25, 0.3) is 17.5 Å². The van der Waals surface area contributed by atoms with Gasteiger partial charge in [0.15, 0.2) is 11.5 Å². The zero-order valence-corrected chi connectivity index (χ0v) is 16.8. The summed E-state index contributed by atoms with van der Waals surface area (Å²) in [6, 6.07) is 7.38. The number of carbonyl (C=O) groups is 3. The van der Waals surface area contributed by atoms with E-state index in [0.29, 0.717) is 0 Å². The van der Waals surface area contributed by atoms with Crippen LogP contribution in [0.3, 0.4) is 0 Å². The molecule has 0 radical (unpaired) electrons. The number of benzene rings is 2. The average molecular weight is 458 g/mol. The molecule has 1 unspecified atom stereocenters. The number of anilines is 1. The Labute approximate surface area is 178 Å². The zero-order valence-electron chi connectivity index (χ0n) is 16.0. The number of hydrogen-bond acceptors (Lipinski definition) is 5. The van der Waals surface area contributed by atoms with Crippen molar-refractivity contribution in [2.75, 3.05) is 19.1 Å². The lowest BCUT2D eigenvalue weighted by Crippen LogP contribution is -2.69. The lowest BCUT2D eigenvalue weighted by atomic mass is 10.1. The monoisotopic (exact) mass is 457 g/mol. The molecule has 2 aromatic carbocycles. The Morgan fingerprint density at radius 1 is 1.10 bits per heavy atom. The highest BCUT2D eigenvalue weighted by Crippen LogP contribution is 2.37. The Kier molecular flexibility index (Phi) is 5.72. The smallest absolute Gasteiger partial charge is 0.440 e. The van der Waals surface area contributed by atoms with Gasteiger partial charge in [0.05, 0.1) is 19.9 Å². The maximum atomic E-state index is 14.0. The third kappa shape index (κ3) is 3.83. The molecule has 1 atom stereocenters. The van der Waals surface area contributed by atoms with Crippen molar-refractivity contribution in [2.45, 2.75) is 11.8 Å². The number of rotatable bonds is 5. The van der Waals surface area contributed by atoms with Crippen molar-refractivity contribution in [1.29, 1.82) is 0 Å². The Balaban J connectivity index is 2.00. The first-order valence-corrected chi connectivity index (χ1v) is 8.95. The minimum absolute atomic E-state index is 0.0820. The topological polar surface area (TPSA) is 97.0 Å². The fraction of sp³-hybridized carbons (Fsp3) is 0.211. The molecular weight excluding hydrogens is 443 g/mol. The Bertz CT molecular complexity index is 1060. The molecule has 164 valence electrons. The second-order valence-electron chi connectivity index (χ2n) is 6.32. The van der Waals surface area contributed by atoms with Crippen molar-refractivity contribution in [3.63, 3.8) is 0 Å². The van der Waals surface area contributed by atoms with Crippen LogP contribution in [0.15, 0.2) is 42.5 Å². The van der Waals surface area contributed by atoms with Crippen LogP contribution in [0.5, 0.6) is 11.5 Å². The quantitative estimate of drug-likeness (QED) is 0.672. The molecule has 8 nitrogen and oxygen atoms in total. The summed E-state index contributed by atoms with van der Waals surface area (Å²) in [6.45, 7) is 0. The summed E-state index contributed by atoms with van der Waals surface area (Å²) in [7, 11) is 2.62. The fourth-order valence-corrected chi connectivity index (χ4v) is 3.13. The van der Waals surface area contributed by atoms with Gasteiger partial charge in [-0.05, 0) is 36.4 Å². The van der Waals surface area contributed by atoms with Crippen LogP contribution in [0.1, 0.15) is 10.4 Å². The summed E-state index contributed by atoms with van der Waals surface area (Å²) in [6.07, 6.45) is -5.36. The predicted octanol–water partition coefficient (Wildman–Crippen LogP) is 3.10. The number of halogens is 4. The Morgan fingerprint density at radius 3 is 2.35 bits per heavy atom. The molecule has 31 heavy (non-hydrogen) atoms. The maximum Gasteiger partial charge on any atom is 0.440 e. The number of hydrogen-bond donors (Lipinski definition) is 2. The van der Waals surface area contributed by atoms with Crippen LogP contribution < -0.4 is 25.0 Å². The number of nitrogens with zero attached hydrogens (tertiary/aromatic N) is 1. The van der Waals surface area contributed by atoms with Crippen molar-refractivity contribution in [3.05, 3.63) is 53.1 Å².